The average molecular weight is 288 g/mol. The van der Waals surface area contributed by atoms with Gasteiger partial charge in [-0.1, -0.05) is 13.0 Å². The summed E-state index contributed by atoms with van der Waals surface area (Å²) in [6.45, 7) is 2.22. The molecule has 0 bridgehead atoms. The lowest BCUT2D eigenvalue weighted by Gasteiger charge is -2.26. The van der Waals surface area contributed by atoms with Gasteiger partial charge in [-0.05, 0) is 43.7 Å². The highest BCUT2D eigenvalue weighted by Gasteiger charge is 2.20. The number of rotatable bonds is 3. The van der Waals surface area contributed by atoms with Crippen molar-refractivity contribution < 1.29 is 4.79 Å². The van der Waals surface area contributed by atoms with Crippen LogP contribution in [0.25, 0.3) is 5.65 Å². The second-order valence-electron chi connectivity index (χ2n) is 5.89. The molecule has 6 heteroatoms. The molecule has 0 aliphatic heterocycles. The summed E-state index contributed by atoms with van der Waals surface area (Å²) in [4.78, 5) is 24.2. The molecule has 1 aliphatic rings. The maximum atomic E-state index is 12.1. The van der Waals surface area contributed by atoms with Crippen molar-refractivity contribution in [2.45, 2.75) is 45.2 Å². The van der Waals surface area contributed by atoms with Crippen LogP contribution in [0.4, 0.5) is 0 Å². The highest BCUT2D eigenvalue weighted by Crippen LogP contribution is 2.23. The van der Waals surface area contributed by atoms with E-state index in [1.54, 1.807) is 18.3 Å². The van der Waals surface area contributed by atoms with Crippen LogP contribution in [0.5, 0.6) is 0 Å². The summed E-state index contributed by atoms with van der Waals surface area (Å²) in [6, 6.07) is 5.57. The second-order valence-corrected chi connectivity index (χ2v) is 5.89. The van der Waals surface area contributed by atoms with Gasteiger partial charge in [0, 0.05) is 12.2 Å². The van der Waals surface area contributed by atoms with E-state index in [4.69, 9.17) is 0 Å². The number of amides is 1. The smallest absolute Gasteiger partial charge is 0.350 e. The van der Waals surface area contributed by atoms with Gasteiger partial charge in [0.05, 0.1) is 0 Å². The number of nitrogens with one attached hydrogen (secondary N) is 1. The summed E-state index contributed by atoms with van der Waals surface area (Å²) in [5, 5.41) is 7.18. The predicted octanol–water partition coefficient (Wildman–Crippen LogP) is 1.19. The minimum atomic E-state index is -0.280. The van der Waals surface area contributed by atoms with E-state index in [0.717, 1.165) is 31.6 Å². The normalized spacial score (nSPS) is 22.3. The number of pyridine rings is 1. The molecule has 1 aliphatic carbocycles. The van der Waals surface area contributed by atoms with Crippen LogP contribution in [0.3, 0.4) is 0 Å². The van der Waals surface area contributed by atoms with Gasteiger partial charge in [0.15, 0.2) is 5.65 Å². The summed E-state index contributed by atoms with van der Waals surface area (Å²) >= 11 is 0. The number of fused-ring (bicyclic) bond motifs is 1. The molecule has 1 fully saturated rings. The minimum absolute atomic E-state index is 0.0213. The van der Waals surface area contributed by atoms with E-state index in [2.05, 4.69) is 17.3 Å². The van der Waals surface area contributed by atoms with E-state index in [9.17, 15) is 9.59 Å². The Labute approximate surface area is 122 Å². The first-order valence-corrected chi connectivity index (χ1v) is 7.47. The van der Waals surface area contributed by atoms with Gasteiger partial charge in [-0.3, -0.25) is 9.20 Å². The average Bonchev–Trinajstić information content (AvgIpc) is 2.78. The van der Waals surface area contributed by atoms with Gasteiger partial charge in [-0.15, -0.1) is 5.10 Å². The SMILES string of the molecule is CC1CCC(NC(=O)Cn2nc3ccccn3c2=O)CC1. The third kappa shape index (κ3) is 2.99. The van der Waals surface area contributed by atoms with Crippen molar-refractivity contribution in [3.8, 4) is 0 Å². The molecule has 21 heavy (non-hydrogen) atoms. The molecule has 1 N–H and O–H groups in total. The number of nitrogens with zero attached hydrogens (tertiary/aromatic N) is 3. The molecule has 0 aromatic carbocycles. The van der Waals surface area contributed by atoms with Crippen molar-refractivity contribution in [3.63, 3.8) is 0 Å². The summed E-state index contributed by atoms with van der Waals surface area (Å²) in [5.41, 5.74) is 0.278. The van der Waals surface area contributed by atoms with Crippen LogP contribution in [0, 0.1) is 5.92 Å². The highest BCUT2D eigenvalue weighted by atomic mass is 16.2. The Morgan fingerprint density at radius 2 is 2.10 bits per heavy atom. The molecule has 0 unspecified atom stereocenters. The van der Waals surface area contributed by atoms with Crippen LogP contribution < -0.4 is 11.0 Å². The van der Waals surface area contributed by atoms with E-state index in [0.29, 0.717) is 5.65 Å². The highest BCUT2D eigenvalue weighted by molar-refractivity contribution is 5.76. The Hall–Kier alpha value is -2.11. The fraction of sp³-hybridized carbons (Fsp3) is 0.533. The van der Waals surface area contributed by atoms with E-state index in [1.165, 1.54) is 9.08 Å². The van der Waals surface area contributed by atoms with Crippen molar-refractivity contribution in [1.82, 2.24) is 19.5 Å². The van der Waals surface area contributed by atoms with Gasteiger partial charge in [0.2, 0.25) is 5.91 Å². The molecule has 2 aromatic rings. The van der Waals surface area contributed by atoms with Crippen molar-refractivity contribution in [2.24, 2.45) is 5.92 Å². The number of hydrogen-bond donors (Lipinski definition) is 1. The number of aromatic nitrogens is 3. The molecule has 6 nitrogen and oxygen atoms in total. The molecule has 2 aromatic heterocycles. The standard InChI is InChI=1S/C15H20N4O2/c1-11-5-7-12(8-6-11)16-14(20)10-19-15(21)18-9-3-2-4-13(18)17-19/h2-4,9,11-12H,5-8,10H2,1H3,(H,16,20). The van der Waals surface area contributed by atoms with E-state index >= 15 is 0 Å². The molecular formula is C15H20N4O2. The largest absolute Gasteiger partial charge is 0.352 e. The van der Waals surface area contributed by atoms with Gasteiger partial charge in [0.1, 0.15) is 6.54 Å². The third-order valence-corrected chi connectivity index (χ3v) is 4.16. The van der Waals surface area contributed by atoms with Crippen LogP contribution in [-0.4, -0.2) is 26.1 Å². The molecule has 2 heterocycles. The molecule has 1 saturated carbocycles. The molecule has 3 rings (SSSR count). The molecular weight excluding hydrogens is 268 g/mol. The number of carbonyl (C=O) groups is 1. The Kier molecular flexibility index (Phi) is 3.77. The van der Waals surface area contributed by atoms with Gasteiger partial charge in [-0.25, -0.2) is 9.48 Å². The topological polar surface area (TPSA) is 68.4 Å². The van der Waals surface area contributed by atoms with Gasteiger partial charge in [0.25, 0.3) is 0 Å². The zero-order valence-electron chi connectivity index (χ0n) is 12.2. The zero-order valence-corrected chi connectivity index (χ0v) is 12.2. The van der Waals surface area contributed by atoms with Crippen LogP contribution in [0.1, 0.15) is 32.6 Å². The van der Waals surface area contributed by atoms with Crippen molar-refractivity contribution >= 4 is 11.6 Å². The molecule has 0 radical (unpaired) electrons. The monoisotopic (exact) mass is 288 g/mol. The summed E-state index contributed by atoms with van der Waals surface area (Å²) in [6.07, 6.45) is 6.00. The number of hydrogen-bond acceptors (Lipinski definition) is 3. The fourth-order valence-corrected chi connectivity index (χ4v) is 2.88. The van der Waals surface area contributed by atoms with Crippen molar-refractivity contribution in [2.75, 3.05) is 0 Å². The van der Waals surface area contributed by atoms with Crippen LogP contribution in [0.2, 0.25) is 0 Å². The van der Waals surface area contributed by atoms with E-state index in [-0.39, 0.29) is 24.2 Å². The van der Waals surface area contributed by atoms with Gasteiger partial charge in [-0.2, -0.15) is 0 Å². The lowest BCUT2D eigenvalue weighted by Crippen LogP contribution is -2.40. The van der Waals surface area contributed by atoms with Crippen LogP contribution >= 0.6 is 0 Å². The number of carbonyl (C=O) groups excluding carboxylic acids is 1. The lowest BCUT2D eigenvalue weighted by atomic mass is 9.87. The summed E-state index contributed by atoms with van der Waals surface area (Å²) < 4.78 is 2.66. The van der Waals surface area contributed by atoms with Crippen molar-refractivity contribution in [1.29, 1.82) is 0 Å². The Morgan fingerprint density at radius 1 is 1.33 bits per heavy atom. The summed E-state index contributed by atoms with van der Waals surface area (Å²) in [7, 11) is 0. The van der Waals surface area contributed by atoms with Crippen molar-refractivity contribution in [3.05, 3.63) is 34.9 Å². The van der Waals surface area contributed by atoms with Crippen LogP contribution in [-0.2, 0) is 11.3 Å². The van der Waals surface area contributed by atoms with E-state index < -0.39 is 0 Å². The quantitative estimate of drug-likeness (QED) is 0.922. The maximum Gasteiger partial charge on any atom is 0.350 e. The van der Waals surface area contributed by atoms with Gasteiger partial charge < -0.3 is 5.32 Å². The zero-order chi connectivity index (χ0) is 14.8. The molecule has 112 valence electrons. The maximum absolute atomic E-state index is 12.1. The first-order chi connectivity index (χ1) is 10.1. The first-order valence-electron chi connectivity index (χ1n) is 7.47. The third-order valence-electron chi connectivity index (χ3n) is 4.16. The lowest BCUT2D eigenvalue weighted by molar-refractivity contribution is -0.122. The second kappa shape index (κ2) is 5.71. The minimum Gasteiger partial charge on any atom is -0.352 e. The Morgan fingerprint density at radius 3 is 2.81 bits per heavy atom. The first kappa shape index (κ1) is 13.9. The summed E-state index contributed by atoms with van der Waals surface area (Å²) in [5.74, 6) is 0.610. The van der Waals surface area contributed by atoms with E-state index in [1.807, 2.05) is 6.07 Å². The van der Waals surface area contributed by atoms with Crippen LogP contribution in [0.15, 0.2) is 29.2 Å². The molecule has 1 amide bonds. The molecule has 0 atom stereocenters. The molecule has 0 saturated heterocycles. The predicted molar refractivity (Wildman–Crippen MR) is 79.0 cm³/mol. The Bertz CT molecular complexity index is 695. The Balaban J connectivity index is 1.66. The van der Waals surface area contributed by atoms with Gasteiger partial charge >= 0.3 is 5.69 Å². The fourth-order valence-electron chi connectivity index (χ4n) is 2.88. The molecule has 0 spiro atoms.